The highest BCUT2D eigenvalue weighted by molar-refractivity contribution is 6.37. The van der Waals surface area contributed by atoms with E-state index in [0.717, 1.165) is 12.8 Å². The number of hydrogen-bond acceptors (Lipinski definition) is 2. The molecule has 0 unspecified atom stereocenters. The van der Waals surface area contributed by atoms with Gasteiger partial charge in [0.15, 0.2) is 0 Å². The molecule has 1 N–H and O–H groups in total. The van der Waals surface area contributed by atoms with Crippen LogP contribution in [0.3, 0.4) is 0 Å². The quantitative estimate of drug-likeness (QED) is 0.518. The molecule has 1 fully saturated rings. The molecule has 9 heavy (non-hydrogen) atoms. The van der Waals surface area contributed by atoms with Gasteiger partial charge in [-0.3, -0.25) is 9.59 Å². The van der Waals surface area contributed by atoms with Crippen LogP contribution in [0, 0.1) is 5.92 Å². The monoisotopic (exact) mass is 127 g/mol. The van der Waals surface area contributed by atoms with Crippen LogP contribution in [0.15, 0.2) is 0 Å². The van der Waals surface area contributed by atoms with Crippen molar-refractivity contribution >= 4 is 11.7 Å². The molecule has 0 saturated heterocycles. The highest BCUT2D eigenvalue weighted by Crippen LogP contribution is 2.29. The van der Waals surface area contributed by atoms with Crippen LogP contribution in [0.2, 0.25) is 0 Å². The fraction of sp³-hybridized carbons (Fsp3) is 0.667. The van der Waals surface area contributed by atoms with Gasteiger partial charge in [-0.15, -0.1) is 0 Å². The van der Waals surface area contributed by atoms with Crippen molar-refractivity contribution in [1.29, 1.82) is 0 Å². The van der Waals surface area contributed by atoms with Crippen molar-refractivity contribution in [2.75, 3.05) is 7.05 Å². The maximum absolute atomic E-state index is 10.7. The van der Waals surface area contributed by atoms with E-state index < -0.39 is 5.91 Å². The zero-order valence-corrected chi connectivity index (χ0v) is 5.31. The van der Waals surface area contributed by atoms with Crippen LogP contribution in [0.1, 0.15) is 12.8 Å². The van der Waals surface area contributed by atoms with E-state index in [4.69, 9.17) is 0 Å². The summed E-state index contributed by atoms with van der Waals surface area (Å²) in [7, 11) is 1.47. The number of hydrogen-bond donors (Lipinski definition) is 1. The van der Waals surface area contributed by atoms with Gasteiger partial charge in [0.2, 0.25) is 5.78 Å². The van der Waals surface area contributed by atoms with Gasteiger partial charge in [-0.1, -0.05) is 0 Å². The van der Waals surface area contributed by atoms with Crippen LogP contribution in [0.5, 0.6) is 0 Å². The third-order valence-corrected chi connectivity index (χ3v) is 1.40. The fourth-order valence-corrected chi connectivity index (χ4v) is 0.654. The molecule has 0 heterocycles. The summed E-state index contributed by atoms with van der Waals surface area (Å²) in [6, 6.07) is 0. The van der Waals surface area contributed by atoms with Crippen molar-refractivity contribution in [3.8, 4) is 0 Å². The normalized spacial score (nSPS) is 17.0. The van der Waals surface area contributed by atoms with E-state index in [1.807, 2.05) is 0 Å². The minimum absolute atomic E-state index is 0.0462. The second-order valence-electron chi connectivity index (χ2n) is 2.22. The van der Waals surface area contributed by atoms with Gasteiger partial charge in [-0.2, -0.15) is 0 Å². The third kappa shape index (κ3) is 1.28. The Kier molecular flexibility index (Phi) is 1.51. The van der Waals surface area contributed by atoms with Crippen LogP contribution in [0.25, 0.3) is 0 Å². The lowest BCUT2D eigenvalue weighted by atomic mass is 10.2. The molecule has 0 aromatic carbocycles. The highest BCUT2D eigenvalue weighted by atomic mass is 16.2. The van der Waals surface area contributed by atoms with Crippen molar-refractivity contribution in [1.82, 2.24) is 5.32 Å². The summed E-state index contributed by atoms with van der Waals surface area (Å²) >= 11 is 0. The Morgan fingerprint density at radius 1 is 1.44 bits per heavy atom. The van der Waals surface area contributed by atoms with E-state index in [2.05, 4.69) is 5.32 Å². The molecule has 1 rings (SSSR count). The average Bonchev–Trinajstić information content (AvgIpc) is 2.66. The van der Waals surface area contributed by atoms with Gasteiger partial charge >= 0.3 is 0 Å². The van der Waals surface area contributed by atoms with Gasteiger partial charge < -0.3 is 5.32 Å². The number of ketones is 1. The molecule has 0 aliphatic heterocycles. The average molecular weight is 127 g/mol. The van der Waals surface area contributed by atoms with E-state index in [0.29, 0.717) is 0 Å². The fourth-order valence-electron chi connectivity index (χ4n) is 0.654. The van der Waals surface area contributed by atoms with Crippen LogP contribution in [0.4, 0.5) is 0 Å². The van der Waals surface area contributed by atoms with E-state index in [-0.39, 0.29) is 11.7 Å². The van der Waals surface area contributed by atoms with E-state index in [9.17, 15) is 9.59 Å². The number of amides is 1. The molecule has 0 atom stereocenters. The summed E-state index contributed by atoms with van der Waals surface area (Å²) in [6.45, 7) is 0. The van der Waals surface area contributed by atoms with Gasteiger partial charge in [0, 0.05) is 13.0 Å². The summed E-state index contributed by atoms with van der Waals surface area (Å²) in [5.74, 6) is -0.653. The number of rotatable bonds is 2. The van der Waals surface area contributed by atoms with Gasteiger partial charge in [-0.25, -0.2) is 0 Å². The Bertz CT molecular complexity index is 149. The second kappa shape index (κ2) is 2.17. The molecule has 0 spiro atoms. The number of carbonyl (C=O) groups is 2. The van der Waals surface area contributed by atoms with Crippen LogP contribution in [-0.2, 0) is 9.59 Å². The number of nitrogens with one attached hydrogen (secondary N) is 1. The zero-order valence-electron chi connectivity index (χ0n) is 5.31. The maximum atomic E-state index is 10.7. The van der Waals surface area contributed by atoms with Crippen LogP contribution >= 0.6 is 0 Å². The lowest BCUT2D eigenvalue weighted by molar-refractivity contribution is -0.138. The molecule has 0 aromatic rings. The maximum Gasteiger partial charge on any atom is 0.287 e. The van der Waals surface area contributed by atoms with Gasteiger partial charge in [0.25, 0.3) is 5.91 Å². The molecule has 0 aromatic heterocycles. The van der Waals surface area contributed by atoms with E-state index in [1.165, 1.54) is 7.05 Å². The van der Waals surface area contributed by atoms with Crippen molar-refractivity contribution in [3.63, 3.8) is 0 Å². The summed E-state index contributed by atoms with van der Waals surface area (Å²) in [5, 5.41) is 2.30. The molecule has 3 nitrogen and oxygen atoms in total. The van der Waals surface area contributed by atoms with Gasteiger partial charge in [0.1, 0.15) is 0 Å². The second-order valence-corrected chi connectivity index (χ2v) is 2.22. The Morgan fingerprint density at radius 3 is 2.33 bits per heavy atom. The molecule has 1 saturated carbocycles. The van der Waals surface area contributed by atoms with Crippen molar-refractivity contribution in [2.24, 2.45) is 5.92 Å². The minimum Gasteiger partial charge on any atom is -0.353 e. The van der Waals surface area contributed by atoms with Crippen molar-refractivity contribution < 1.29 is 9.59 Å². The first-order valence-electron chi connectivity index (χ1n) is 3.01. The molecule has 3 heteroatoms. The number of Topliss-reactive ketones (excluding diaryl/α,β-unsaturated/α-hetero) is 1. The topological polar surface area (TPSA) is 46.2 Å². The molecule has 1 aliphatic rings. The van der Waals surface area contributed by atoms with E-state index >= 15 is 0 Å². The number of likely N-dealkylation sites (N-methyl/N-ethyl adjacent to an activating group) is 1. The smallest absolute Gasteiger partial charge is 0.287 e. The van der Waals surface area contributed by atoms with Crippen LogP contribution in [-0.4, -0.2) is 18.7 Å². The summed E-state index contributed by atoms with van der Waals surface area (Å²) in [6.07, 6.45) is 1.79. The summed E-state index contributed by atoms with van der Waals surface area (Å²) in [5.41, 5.74) is 0. The first-order chi connectivity index (χ1) is 4.25. The van der Waals surface area contributed by atoms with Crippen molar-refractivity contribution in [2.45, 2.75) is 12.8 Å². The Labute approximate surface area is 53.4 Å². The lowest BCUT2D eigenvalue weighted by Gasteiger charge is -1.92. The molecule has 0 radical (unpaired) electrons. The van der Waals surface area contributed by atoms with Gasteiger partial charge in [0.05, 0.1) is 0 Å². The summed E-state index contributed by atoms with van der Waals surface area (Å²) < 4.78 is 0. The first-order valence-corrected chi connectivity index (χ1v) is 3.01. The third-order valence-electron chi connectivity index (χ3n) is 1.40. The molecule has 1 aliphatic carbocycles. The standard InChI is InChI=1S/C6H9NO2/c1-7-6(9)5(8)4-2-3-4/h4H,2-3H2,1H3,(H,7,9). The Hall–Kier alpha value is -0.860. The molecular formula is C6H9NO2. The summed E-state index contributed by atoms with van der Waals surface area (Å²) in [4.78, 5) is 21.3. The van der Waals surface area contributed by atoms with Gasteiger partial charge in [-0.05, 0) is 12.8 Å². The lowest BCUT2D eigenvalue weighted by Crippen LogP contribution is -2.28. The first kappa shape index (κ1) is 6.26. The number of carbonyl (C=O) groups excluding carboxylic acids is 2. The highest BCUT2D eigenvalue weighted by Gasteiger charge is 2.33. The molecule has 50 valence electrons. The zero-order chi connectivity index (χ0) is 6.85. The Balaban J connectivity index is 2.40. The molecule has 0 bridgehead atoms. The van der Waals surface area contributed by atoms with Crippen LogP contribution < -0.4 is 5.32 Å². The minimum atomic E-state index is -0.447. The van der Waals surface area contributed by atoms with E-state index in [1.54, 1.807) is 0 Å². The van der Waals surface area contributed by atoms with Crippen molar-refractivity contribution in [3.05, 3.63) is 0 Å². The molecular weight excluding hydrogens is 118 g/mol. The SMILES string of the molecule is CNC(=O)C(=O)C1CC1. The molecule has 1 amide bonds. The predicted octanol–water partition coefficient (Wildman–Crippen LogP) is -0.289. The largest absolute Gasteiger partial charge is 0.353 e. The predicted molar refractivity (Wildman–Crippen MR) is 31.8 cm³/mol. The Morgan fingerprint density at radius 2 is 2.00 bits per heavy atom.